The minimum absolute atomic E-state index is 0.134. The van der Waals surface area contributed by atoms with E-state index in [1.54, 1.807) is 0 Å². The number of ether oxygens (including phenoxy) is 2. The number of hydrogen-bond acceptors (Lipinski definition) is 3. The molecule has 0 aromatic heterocycles. The van der Waals surface area contributed by atoms with Crippen molar-refractivity contribution >= 4 is 0 Å². The van der Waals surface area contributed by atoms with Gasteiger partial charge in [0.2, 0.25) is 0 Å². The summed E-state index contributed by atoms with van der Waals surface area (Å²) in [5.74, 6) is 0. The van der Waals surface area contributed by atoms with Gasteiger partial charge in [-0.3, -0.25) is 0 Å². The predicted octanol–water partition coefficient (Wildman–Crippen LogP) is 1.34. The first-order valence-corrected chi connectivity index (χ1v) is 5.01. The fourth-order valence-electron chi connectivity index (χ4n) is 2.06. The molecule has 1 N–H and O–H groups in total. The highest BCUT2D eigenvalue weighted by atomic mass is 16.5. The molecular formula is C10H20O3. The second-order valence-corrected chi connectivity index (χ2v) is 4.03. The molecule has 1 fully saturated rings. The minimum atomic E-state index is -0.674. The maximum absolute atomic E-state index is 10.1. The minimum Gasteiger partial charge on any atom is -0.387 e. The lowest BCUT2D eigenvalue weighted by Gasteiger charge is -2.38. The number of rotatable bonds is 3. The molecule has 0 saturated carbocycles. The lowest BCUT2D eigenvalue weighted by molar-refractivity contribution is -0.155. The van der Waals surface area contributed by atoms with Gasteiger partial charge >= 0.3 is 0 Å². The van der Waals surface area contributed by atoms with E-state index in [2.05, 4.69) is 0 Å². The summed E-state index contributed by atoms with van der Waals surface area (Å²) >= 11 is 0. The first-order valence-electron chi connectivity index (χ1n) is 5.01. The van der Waals surface area contributed by atoms with Crippen LogP contribution in [0.2, 0.25) is 0 Å². The highest BCUT2D eigenvalue weighted by Gasteiger charge is 2.36. The summed E-state index contributed by atoms with van der Waals surface area (Å²) < 4.78 is 10.8. The van der Waals surface area contributed by atoms with Crippen LogP contribution in [0.25, 0.3) is 0 Å². The summed E-state index contributed by atoms with van der Waals surface area (Å²) in [7, 11) is 0. The van der Waals surface area contributed by atoms with Gasteiger partial charge in [-0.2, -0.15) is 0 Å². The third kappa shape index (κ3) is 3.25. The molecule has 1 rings (SSSR count). The zero-order chi connectivity index (χ0) is 9.90. The Morgan fingerprint density at radius 2 is 1.92 bits per heavy atom. The van der Waals surface area contributed by atoms with E-state index in [9.17, 15) is 5.11 Å². The Balaban J connectivity index is 2.45. The van der Waals surface area contributed by atoms with Crippen LogP contribution in [0, 0.1) is 0 Å². The van der Waals surface area contributed by atoms with Gasteiger partial charge in [0, 0.05) is 19.4 Å². The molecule has 1 aliphatic rings. The van der Waals surface area contributed by atoms with Crippen molar-refractivity contribution in [2.45, 2.75) is 51.4 Å². The second kappa shape index (κ2) is 4.40. The van der Waals surface area contributed by atoms with Crippen molar-refractivity contribution in [2.24, 2.45) is 0 Å². The van der Waals surface area contributed by atoms with E-state index in [4.69, 9.17) is 9.47 Å². The zero-order valence-corrected chi connectivity index (χ0v) is 8.75. The molecule has 0 aliphatic carbocycles. The van der Waals surface area contributed by atoms with Gasteiger partial charge in [0.15, 0.2) is 0 Å². The van der Waals surface area contributed by atoms with E-state index in [0.29, 0.717) is 26.1 Å². The number of aliphatic hydroxyl groups is 1. The molecule has 1 heterocycles. The monoisotopic (exact) mass is 188 g/mol. The summed E-state index contributed by atoms with van der Waals surface area (Å²) in [5.41, 5.74) is -0.674. The van der Waals surface area contributed by atoms with Gasteiger partial charge < -0.3 is 14.6 Å². The van der Waals surface area contributed by atoms with Crippen molar-refractivity contribution < 1.29 is 14.6 Å². The van der Waals surface area contributed by atoms with Crippen molar-refractivity contribution in [1.29, 1.82) is 0 Å². The first-order chi connectivity index (χ1) is 6.06. The molecule has 0 spiro atoms. The van der Waals surface area contributed by atoms with Crippen LogP contribution in [-0.2, 0) is 9.47 Å². The first kappa shape index (κ1) is 11.0. The van der Waals surface area contributed by atoms with E-state index in [1.165, 1.54) is 0 Å². The fourth-order valence-corrected chi connectivity index (χ4v) is 2.06. The smallest absolute Gasteiger partial charge is 0.0929 e. The zero-order valence-electron chi connectivity index (χ0n) is 8.75. The molecule has 0 aromatic carbocycles. The van der Waals surface area contributed by atoms with Crippen LogP contribution in [0.1, 0.15) is 33.6 Å². The quantitative estimate of drug-likeness (QED) is 0.726. The van der Waals surface area contributed by atoms with E-state index >= 15 is 0 Å². The Morgan fingerprint density at radius 1 is 1.38 bits per heavy atom. The molecule has 0 amide bonds. The van der Waals surface area contributed by atoms with Crippen LogP contribution in [0.3, 0.4) is 0 Å². The van der Waals surface area contributed by atoms with Gasteiger partial charge in [0.1, 0.15) is 0 Å². The third-order valence-corrected chi connectivity index (χ3v) is 2.37. The van der Waals surface area contributed by atoms with Gasteiger partial charge in [-0.25, -0.2) is 0 Å². The lowest BCUT2D eigenvalue weighted by atomic mass is 9.88. The van der Waals surface area contributed by atoms with E-state index in [1.807, 2.05) is 20.8 Å². The van der Waals surface area contributed by atoms with Crippen molar-refractivity contribution in [3.63, 3.8) is 0 Å². The van der Waals surface area contributed by atoms with Crippen molar-refractivity contribution in [1.82, 2.24) is 0 Å². The molecule has 78 valence electrons. The van der Waals surface area contributed by atoms with Crippen LogP contribution in [0.5, 0.6) is 0 Å². The van der Waals surface area contributed by atoms with Crippen LogP contribution in [-0.4, -0.2) is 36.1 Å². The Labute approximate surface area is 80.0 Å². The summed E-state index contributed by atoms with van der Waals surface area (Å²) in [6.45, 7) is 7.02. The molecule has 13 heavy (non-hydrogen) atoms. The molecule has 1 aliphatic heterocycles. The Morgan fingerprint density at radius 3 is 2.38 bits per heavy atom. The van der Waals surface area contributed by atoms with Crippen molar-refractivity contribution in [2.75, 3.05) is 13.2 Å². The maximum atomic E-state index is 10.1. The van der Waals surface area contributed by atoms with Crippen LogP contribution in [0.4, 0.5) is 0 Å². The van der Waals surface area contributed by atoms with Crippen molar-refractivity contribution in [3.8, 4) is 0 Å². The Bertz CT molecular complexity index is 148. The molecule has 2 atom stereocenters. The standard InChI is InChI=1S/C10H20O3/c1-4-12-7-10(11)5-8(2)13-9(3)6-10/h8-9,11H,4-7H2,1-3H3. The SMILES string of the molecule is CCOCC1(O)CC(C)OC(C)C1. The van der Waals surface area contributed by atoms with Crippen LogP contribution >= 0.6 is 0 Å². The molecule has 3 heteroatoms. The molecule has 3 nitrogen and oxygen atoms in total. The highest BCUT2D eigenvalue weighted by molar-refractivity contribution is 4.87. The summed E-state index contributed by atoms with van der Waals surface area (Å²) in [6.07, 6.45) is 1.62. The van der Waals surface area contributed by atoms with Crippen LogP contribution in [0.15, 0.2) is 0 Å². The maximum Gasteiger partial charge on any atom is 0.0929 e. The third-order valence-electron chi connectivity index (χ3n) is 2.37. The summed E-state index contributed by atoms with van der Waals surface area (Å²) in [5, 5.41) is 10.1. The Kier molecular flexibility index (Phi) is 3.71. The van der Waals surface area contributed by atoms with Gasteiger partial charge in [-0.15, -0.1) is 0 Å². The van der Waals surface area contributed by atoms with Crippen molar-refractivity contribution in [3.05, 3.63) is 0 Å². The number of hydrogen-bond donors (Lipinski definition) is 1. The van der Waals surface area contributed by atoms with E-state index in [0.717, 1.165) is 0 Å². The lowest BCUT2D eigenvalue weighted by Crippen LogP contribution is -2.46. The molecule has 2 unspecified atom stereocenters. The molecular weight excluding hydrogens is 168 g/mol. The molecule has 1 saturated heterocycles. The molecule has 0 radical (unpaired) electrons. The van der Waals surface area contributed by atoms with Gasteiger partial charge in [-0.05, 0) is 20.8 Å². The Hall–Kier alpha value is -0.120. The largest absolute Gasteiger partial charge is 0.387 e. The summed E-state index contributed by atoms with van der Waals surface area (Å²) in [6, 6.07) is 0. The fraction of sp³-hybridized carbons (Fsp3) is 1.00. The second-order valence-electron chi connectivity index (χ2n) is 4.03. The predicted molar refractivity (Wildman–Crippen MR) is 50.7 cm³/mol. The van der Waals surface area contributed by atoms with E-state index in [-0.39, 0.29) is 12.2 Å². The average Bonchev–Trinajstić information content (AvgIpc) is 1.98. The van der Waals surface area contributed by atoms with Gasteiger partial charge in [0.05, 0.1) is 24.4 Å². The average molecular weight is 188 g/mol. The summed E-state index contributed by atoms with van der Waals surface area (Å²) in [4.78, 5) is 0. The molecule has 0 bridgehead atoms. The van der Waals surface area contributed by atoms with Crippen LogP contribution < -0.4 is 0 Å². The molecule has 0 aromatic rings. The highest BCUT2D eigenvalue weighted by Crippen LogP contribution is 2.28. The topological polar surface area (TPSA) is 38.7 Å². The van der Waals surface area contributed by atoms with Gasteiger partial charge in [-0.1, -0.05) is 0 Å². The van der Waals surface area contributed by atoms with E-state index < -0.39 is 5.60 Å². The van der Waals surface area contributed by atoms with Gasteiger partial charge in [0.25, 0.3) is 0 Å². The normalized spacial score (nSPS) is 40.6.